The van der Waals surface area contributed by atoms with E-state index in [1.807, 2.05) is 36.6 Å². The zero-order valence-electron chi connectivity index (χ0n) is 18.2. The first-order valence-corrected chi connectivity index (χ1v) is 12.1. The van der Waals surface area contributed by atoms with Crippen LogP contribution in [0.15, 0.2) is 59.9 Å². The molecule has 1 aliphatic rings. The van der Waals surface area contributed by atoms with Crippen molar-refractivity contribution in [3.05, 3.63) is 72.1 Å². The predicted molar refractivity (Wildman–Crippen MR) is 126 cm³/mol. The number of thioether (sulfide) groups is 1. The van der Waals surface area contributed by atoms with Crippen LogP contribution in [0, 0.1) is 5.82 Å². The highest BCUT2D eigenvalue weighted by Crippen LogP contribution is 2.28. The Morgan fingerprint density at radius 2 is 1.94 bits per heavy atom. The predicted octanol–water partition coefficient (Wildman–Crippen LogP) is 4.97. The molecule has 0 aliphatic carbocycles. The van der Waals surface area contributed by atoms with Crippen LogP contribution in [0.3, 0.4) is 0 Å². The van der Waals surface area contributed by atoms with Gasteiger partial charge in [-0.1, -0.05) is 36.4 Å². The number of hydrogen-bond acceptors (Lipinski definition) is 5. The van der Waals surface area contributed by atoms with Crippen LogP contribution >= 0.6 is 11.8 Å². The number of aromatic nitrogens is 5. The lowest BCUT2D eigenvalue weighted by Crippen LogP contribution is -2.17. The average Bonchev–Trinajstić information content (AvgIpc) is 3.38. The highest BCUT2D eigenvalue weighted by Gasteiger charge is 2.21. The zero-order valence-corrected chi connectivity index (χ0v) is 19.0. The largest absolute Gasteiger partial charge is 0.318 e. The smallest absolute Gasteiger partial charge is 0.274 e. The van der Waals surface area contributed by atoms with E-state index in [4.69, 9.17) is 0 Å². The monoisotopic (exact) mass is 462 g/mol. The Labute approximate surface area is 195 Å². The lowest BCUT2D eigenvalue weighted by Gasteiger charge is -2.13. The van der Waals surface area contributed by atoms with Crippen LogP contribution < -0.4 is 5.32 Å². The van der Waals surface area contributed by atoms with E-state index in [1.165, 1.54) is 24.0 Å². The Kier molecular flexibility index (Phi) is 5.95. The number of para-hydroxylation sites is 1. The van der Waals surface area contributed by atoms with Crippen LogP contribution in [0.1, 0.15) is 35.6 Å². The fraction of sp³-hybridized carbons (Fsp3) is 0.250. The van der Waals surface area contributed by atoms with Gasteiger partial charge in [0.15, 0.2) is 11.0 Å². The molecule has 0 radical (unpaired) electrons. The highest BCUT2D eigenvalue weighted by atomic mass is 32.2. The van der Waals surface area contributed by atoms with Crippen LogP contribution in [0.25, 0.3) is 17.1 Å². The van der Waals surface area contributed by atoms with Gasteiger partial charge in [0.25, 0.3) is 5.91 Å². The van der Waals surface area contributed by atoms with Crippen LogP contribution in [0.4, 0.5) is 10.1 Å². The molecule has 7 nitrogen and oxygen atoms in total. The third-order valence-corrected chi connectivity index (χ3v) is 6.39. The number of carbonyl (C=O) groups is 1. The number of halogens is 1. The van der Waals surface area contributed by atoms with Crippen molar-refractivity contribution < 1.29 is 9.18 Å². The first-order chi connectivity index (χ1) is 16.2. The summed E-state index contributed by atoms with van der Waals surface area (Å²) in [5.41, 5.74) is 1.94. The molecule has 1 amide bonds. The van der Waals surface area contributed by atoms with Crippen molar-refractivity contribution in [2.24, 2.45) is 0 Å². The van der Waals surface area contributed by atoms with E-state index in [0.29, 0.717) is 22.2 Å². The molecule has 0 saturated heterocycles. The van der Waals surface area contributed by atoms with Crippen LogP contribution in [-0.2, 0) is 13.0 Å². The molecular formula is C24H23FN6OS. The number of nitrogens with zero attached hydrogens (tertiary/aromatic N) is 5. The van der Waals surface area contributed by atoms with Gasteiger partial charge >= 0.3 is 0 Å². The van der Waals surface area contributed by atoms with Gasteiger partial charge in [0, 0.05) is 24.2 Å². The second-order valence-electron chi connectivity index (χ2n) is 7.85. The van der Waals surface area contributed by atoms with Crippen molar-refractivity contribution in [3.8, 4) is 17.1 Å². The van der Waals surface area contributed by atoms with Gasteiger partial charge in [0.05, 0.1) is 11.9 Å². The maximum Gasteiger partial charge on any atom is 0.274 e. The Morgan fingerprint density at radius 3 is 2.76 bits per heavy atom. The summed E-state index contributed by atoms with van der Waals surface area (Å²) in [5, 5.41) is 12.1. The van der Waals surface area contributed by atoms with Gasteiger partial charge in [0.2, 0.25) is 0 Å². The number of aryl methyl sites for hydroxylation is 1. The molecule has 0 fully saturated rings. The van der Waals surface area contributed by atoms with Crippen molar-refractivity contribution in [1.29, 1.82) is 0 Å². The second kappa shape index (κ2) is 9.19. The minimum absolute atomic E-state index is 0.0926. The molecular weight excluding hydrogens is 439 g/mol. The van der Waals surface area contributed by atoms with E-state index < -0.39 is 11.7 Å². The molecule has 33 heavy (non-hydrogen) atoms. The van der Waals surface area contributed by atoms with Gasteiger partial charge in [-0.15, -0.1) is 10.2 Å². The maximum atomic E-state index is 14.7. The number of fused-ring (bicyclic) bond motifs is 1. The number of hydrogen-bond donors (Lipinski definition) is 1. The number of rotatable bonds is 5. The number of benzene rings is 2. The normalized spacial score (nSPS) is 13.4. The molecule has 168 valence electrons. The third-order valence-electron chi connectivity index (χ3n) is 5.74. The molecule has 0 atom stereocenters. The summed E-state index contributed by atoms with van der Waals surface area (Å²) < 4.78 is 18.6. The molecule has 2 aromatic carbocycles. The molecule has 2 aromatic heterocycles. The van der Waals surface area contributed by atoms with E-state index in [0.717, 1.165) is 43.7 Å². The van der Waals surface area contributed by atoms with Crippen LogP contribution in [0.5, 0.6) is 0 Å². The summed E-state index contributed by atoms with van der Waals surface area (Å²) in [5.74, 6) is 0.691. The Hall–Kier alpha value is -3.46. The summed E-state index contributed by atoms with van der Waals surface area (Å²) >= 11 is 1.43. The topological polar surface area (TPSA) is 77.6 Å². The zero-order chi connectivity index (χ0) is 22.8. The highest BCUT2D eigenvalue weighted by molar-refractivity contribution is 7.98. The number of anilines is 1. The molecule has 0 bridgehead atoms. The van der Waals surface area contributed by atoms with Crippen molar-refractivity contribution in [2.45, 2.75) is 37.4 Å². The molecule has 9 heteroatoms. The lowest BCUT2D eigenvalue weighted by atomic mass is 10.1. The fourth-order valence-corrected chi connectivity index (χ4v) is 4.66. The molecule has 1 aliphatic heterocycles. The first-order valence-electron chi connectivity index (χ1n) is 10.9. The summed E-state index contributed by atoms with van der Waals surface area (Å²) in [4.78, 5) is 17.5. The van der Waals surface area contributed by atoms with E-state index in [9.17, 15) is 9.18 Å². The third kappa shape index (κ3) is 4.16. The van der Waals surface area contributed by atoms with Crippen molar-refractivity contribution in [3.63, 3.8) is 0 Å². The van der Waals surface area contributed by atoms with Crippen molar-refractivity contribution >= 4 is 23.4 Å². The van der Waals surface area contributed by atoms with E-state index >= 15 is 0 Å². The van der Waals surface area contributed by atoms with Gasteiger partial charge in [-0.05, 0) is 49.4 Å². The SMILES string of the molecule is CSc1ncc(C(=O)Nc2cc(-c3nnc4n3CCCCC4)ccc2F)n1-c1ccccc1. The molecule has 0 spiro atoms. The van der Waals surface area contributed by atoms with Gasteiger partial charge < -0.3 is 9.88 Å². The molecule has 3 heterocycles. The molecule has 0 saturated carbocycles. The minimum Gasteiger partial charge on any atom is -0.318 e. The van der Waals surface area contributed by atoms with Gasteiger partial charge in [-0.2, -0.15) is 0 Å². The quantitative estimate of drug-likeness (QED) is 0.424. The number of imidazole rings is 1. The minimum atomic E-state index is -0.515. The summed E-state index contributed by atoms with van der Waals surface area (Å²) in [6.07, 6.45) is 7.60. The van der Waals surface area contributed by atoms with Crippen molar-refractivity contribution in [1.82, 2.24) is 24.3 Å². The van der Waals surface area contributed by atoms with Crippen LogP contribution in [-0.4, -0.2) is 36.5 Å². The fourth-order valence-electron chi connectivity index (χ4n) is 4.11. The lowest BCUT2D eigenvalue weighted by molar-refractivity contribution is 0.101. The average molecular weight is 463 g/mol. The number of carbonyl (C=O) groups excluding carboxylic acids is 1. The molecule has 5 rings (SSSR count). The van der Waals surface area contributed by atoms with E-state index in [2.05, 4.69) is 25.1 Å². The van der Waals surface area contributed by atoms with Gasteiger partial charge in [0.1, 0.15) is 17.3 Å². The Bertz CT molecular complexity index is 1300. The first kappa shape index (κ1) is 21.4. The Balaban J connectivity index is 1.47. The summed E-state index contributed by atoms with van der Waals surface area (Å²) in [7, 11) is 0. The van der Waals surface area contributed by atoms with E-state index in [1.54, 1.807) is 16.7 Å². The van der Waals surface area contributed by atoms with Crippen LogP contribution in [0.2, 0.25) is 0 Å². The summed E-state index contributed by atoms with van der Waals surface area (Å²) in [6.45, 7) is 0.838. The second-order valence-corrected chi connectivity index (χ2v) is 8.63. The van der Waals surface area contributed by atoms with Crippen molar-refractivity contribution in [2.75, 3.05) is 11.6 Å². The molecule has 4 aromatic rings. The number of amides is 1. The maximum absolute atomic E-state index is 14.7. The molecule has 0 unspecified atom stereocenters. The summed E-state index contributed by atoms with van der Waals surface area (Å²) in [6, 6.07) is 14.1. The van der Waals surface area contributed by atoms with Gasteiger partial charge in [-0.25, -0.2) is 9.37 Å². The molecule has 1 N–H and O–H groups in total. The standard InChI is InChI=1S/C24H23FN6OS/c1-33-24-26-15-20(31(24)17-8-4-2-5-9-17)23(32)27-19-14-16(11-12-18(19)25)22-29-28-21-10-6-3-7-13-30(21)22/h2,4-5,8-9,11-12,14-15H,3,6-7,10,13H2,1H3,(H,27,32). The number of nitrogens with one attached hydrogen (secondary N) is 1. The van der Waals surface area contributed by atoms with Gasteiger partial charge in [-0.3, -0.25) is 9.36 Å². The Morgan fingerprint density at radius 1 is 1.09 bits per heavy atom. The van der Waals surface area contributed by atoms with E-state index in [-0.39, 0.29) is 5.69 Å².